The normalized spacial score (nSPS) is 11.0. The molecule has 0 saturated carbocycles. The second kappa shape index (κ2) is 7.52. The summed E-state index contributed by atoms with van der Waals surface area (Å²) in [5.74, 6) is -1.13. The number of hydrogen-bond donors (Lipinski definition) is 0. The molecule has 2 aromatic rings. The topological polar surface area (TPSA) is 72.9 Å². The van der Waals surface area contributed by atoms with Crippen molar-refractivity contribution in [1.29, 1.82) is 0 Å². The van der Waals surface area contributed by atoms with Gasteiger partial charge in [-0.15, -0.1) is 0 Å². The largest absolute Gasteiger partial charge is 0.495 e. The van der Waals surface area contributed by atoms with E-state index in [-0.39, 0.29) is 16.3 Å². The number of rotatable bonds is 6. The van der Waals surface area contributed by atoms with Crippen LogP contribution in [0.3, 0.4) is 0 Å². The lowest BCUT2D eigenvalue weighted by Crippen LogP contribution is -2.36. The third-order valence-corrected chi connectivity index (χ3v) is 5.30. The number of carbonyl (C=O) groups excluding carboxylic acids is 1. The highest BCUT2D eigenvalue weighted by Gasteiger charge is 2.30. The van der Waals surface area contributed by atoms with E-state index in [0.29, 0.717) is 5.56 Å². The number of benzene rings is 2. The molecule has 0 aliphatic heterocycles. The highest BCUT2D eigenvalue weighted by molar-refractivity contribution is 7.93. The predicted octanol–water partition coefficient (Wildman–Crippen LogP) is 2.51. The number of hydrogen-bond acceptors (Lipinski definition) is 5. The molecule has 0 atom stereocenters. The summed E-state index contributed by atoms with van der Waals surface area (Å²) >= 11 is 0. The number of aryl methyl sites for hydroxylation is 1. The summed E-state index contributed by atoms with van der Waals surface area (Å²) in [6.45, 7) is 1.18. The van der Waals surface area contributed by atoms with Crippen molar-refractivity contribution in [2.75, 3.05) is 25.1 Å². The predicted molar refractivity (Wildman–Crippen MR) is 90.7 cm³/mol. The van der Waals surface area contributed by atoms with Crippen LogP contribution in [-0.2, 0) is 19.6 Å². The summed E-state index contributed by atoms with van der Waals surface area (Å²) in [5.41, 5.74) is 0.840. The average molecular weight is 367 g/mol. The molecule has 0 aliphatic rings. The van der Waals surface area contributed by atoms with Gasteiger partial charge in [-0.3, -0.25) is 9.10 Å². The minimum absolute atomic E-state index is 0.0942. The number of ether oxygens (including phenoxy) is 2. The maximum atomic E-state index is 13.2. The van der Waals surface area contributed by atoms with Crippen LogP contribution in [-0.4, -0.2) is 35.2 Å². The molecule has 134 valence electrons. The van der Waals surface area contributed by atoms with Gasteiger partial charge < -0.3 is 9.47 Å². The fourth-order valence-electron chi connectivity index (χ4n) is 2.21. The first-order chi connectivity index (χ1) is 11.8. The smallest absolute Gasteiger partial charge is 0.326 e. The summed E-state index contributed by atoms with van der Waals surface area (Å²) in [6.07, 6.45) is 0. The van der Waals surface area contributed by atoms with E-state index in [0.717, 1.165) is 23.5 Å². The Labute approximate surface area is 145 Å². The van der Waals surface area contributed by atoms with Gasteiger partial charge in [0.25, 0.3) is 10.0 Å². The van der Waals surface area contributed by atoms with Gasteiger partial charge in [-0.2, -0.15) is 0 Å². The van der Waals surface area contributed by atoms with Crippen molar-refractivity contribution in [2.45, 2.75) is 11.8 Å². The average Bonchev–Trinajstić information content (AvgIpc) is 2.60. The maximum absolute atomic E-state index is 13.2. The van der Waals surface area contributed by atoms with Gasteiger partial charge in [0.2, 0.25) is 0 Å². The second-order valence-electron chi connectivity index (χ2n) is 5.22. The van der Waals surface area contributed by atoms with E-state index >= 15 is 0 Å². The van der Waals surface area contributed by atoms with Gasteiger partial charge in [-0.1, -0.05) is 6.07 Å². The van der Waals surface area contributed by atoms with E-state index in [1.165, 1.54) is 31.4 Å². The highest BCUT2D eigenvalue weighted by Crippen LogP contribution is 2.30. The Bertz CT molecular complexity index is 865. The molecule has 0 aliphatic carbocycles. The van der Waals surface area contributed by atoms with E-state index in [1.54, 1.807) is 13.0 Å². The number of esters is 1. The molecule has 0 aromatic heterocycles. The van der Waals surface area contributed by atoms with Crippen LogP contribution < -0.4 is 9.04 Å². The number of carbonyl (C=O) groups is 1. The third kappa shape index (κ3) is 4.08. The lowest BCUT2D eigenvalue weighted by molar-refractivity contribution is -0.138. The van der Waals surface area contributed by atoms with Crippen molar-refractivity contribution in [3.63, 3.8) is 0 Å². The molecule has 0 spiro atoms. The first kappa shape index (κ1) is 18.7. The summed E-state index contributed by atoms with van der Waals surface area (Å²) < 4.78 is 50.1. The Morgan fingerprint density at radius 2 is 1.76 bits per heavy atom. The van der Waals surface area contributed by atoms with Crippen molar-refractivity contribution in [2.24, 2.45) is 0 Å². The standard InChI is InChI=1S/C17H18FNO5S/c1-12-4-9-15(23-2)16(10-12)25(21,22)19(11-17(20)24-3)14-7-5-13(18)6-8-14/h4-10H,11H2,1-3H3. The molecular weight excluding hydrogens is 349 g/mol. The minimum atomic E-state index is -4.15. The van der Waals surface area contributed by atoms with Gasteiger partial charge in [0, 0.05) is 0 Å². The van der Waals surface area contributed by atoms with Gasteiger partial charge in [-0.25, -0.2) is 12.8 Å². The van der Waals surface area contributed by atoms with Crippen molar-refractivity contribution < 1.29 is 27.1 Å². The number of anilines is 1. The molecule has 0 radical (unpaired) electrons. The molecule has 6 nitrogen and oxygen atoms in total. The van der Waals surface area contributed by atoms with Crippen LogP contribution in [0.2, 0.25) is 0 Å². The molecule has 0 bridgehead atoms. The van der Waals surface area contributed by atoms with Crippen molar-refractivity contribution in [1.82, 2.24) is 0 Å². The molecular formula is C17H18FNO5S. The molecule has 0 fully saturated rings. The van der Waals surface area contributed by atoms with Crippen molar-refractivity contribution in [3.8, 4) is 5.75 Å². The fourth-order valence-corrected chi connectivity index (χ4v) is 3.86. The van der Waals surface area contributed by atoms with Crippen LogP contribution in [0.1, 0.15) is 5.56 Å². The molecule has 0 heterocycles. The molecule has 0 amide bonds. The van der Waals surface area contributed by atoms with Crippen molar-refractivity contribution in [3.05, 3.63) is 53.8 Å². The van der Waals surface area contributed by atoms with Gasteiger partial charge >= 0.3 is 5.97 Å². The molecule has 0 saturated heterocycles. The van der Waals surface area contributed by atoms with Gasteiger partial charge in [0.05, 0.1) is 19.9 Å². The first-order valence-corrected chi connectivity index (χ1v) is 8.73. The van der Waals surface area contributed by atoms with E-state index in [1.807, 2.05) is 0 Å². The SMILES string of the molecule is COC(=O)CN(c1ccc(F)cc1)S(=O)(=O)c1cc(C)ccc1OC. The zero-order chi connectivity index (χ0) is 18.6. The first-order valence-electron chi connectivity index (χ1n) is 7.29. The monoisotopic (exact) mass is 367 g/mol. The van der Waals surface area contributed by atoms with Crippen LogP contribution >= 0.6 is 0 Å². The second-order valence-corrected chi connectivity index (χ2v) is 7.05. The van der Waals surface area contributed by atoms with E-state index in [9.17, 15) is 17.6 Å². The van der Waals surface area contributed by atoms with Gasteiger partial charge in [0.1, 0.15) is 23.0 Å². The lowest BCUT2D eigenvalue weighted by atomic mass is 10.2. The highest BCUT2D eigenvalue weighted by atomic mass is 32.2. The maximum Gasteiger partial charge on any atom is 0.326 e. The quantitative estimate of drug-likeness (QED) is 0.734. The van der Waals surface area contributed by atoms with Crippen molar-refractivity contribution >= 4 is 21.7 Å². The Kier molecular flexibility index (Phi) is 5.63. The Hall–Kier alpha value is -2.61. The summed E-state index contributed by atoms with van der Waals surface area (Å²) in [5, 5.41) is 0. The Morgan fingerprint density at radius 1 is 1.12 bits per heavy atom. The fraction of sp³-hybridized carbons (Fsp3) is 0.235. The van der Waals surface area contributed by atoms with E-state index < -0.39 is 28.4 Å². The third-order valence-electron chi connectivity index (χ3n) is 3.50. The molecule has 25 heavy (non-hydrogen) atoms. The Balaban J connectivity index is 2.61. The van der Waals surface area contributed by atoms with Gasteiger partial charge in [-0.05, 0) is 48.9 Å². The zero-order valence-corrected chi connectivity index (χ0v) is 14.8. The number of sulfonamides is 1. The molecule has 8 heteroatoms. The van der Waals surface area contributed by atoms with Crippen LogP contribution in [0.4, 0.5) is 10.1 Å². The van der Waals surface area contributed by atoms with Crippen LogP contribution in [0, 0.1) is 12.7 Å². The minimum Gasteiger partial charge on any atom is -0.495 e. The van der Waals surface area contributed by atoms with Crippen LogP contribution in [0.15, 0.2) is 47.4 Å². The lowest BCUT2D eigenvalue weighted by Gasteiger charge is -2.24. The summed E-state index contributed by atoms with van der Waals surface area (Å²) in [7, 11) is -1.64. The Morgan fingerprint density at radius 3 is 2.32 bits per heavy atom. The summed E-state index contributed by atoms with van der Waals surface area (Å²) in [6, 6.07) is 9.47. The molecule has 0 N–H and O–H groups in total. The number of nitrogens with zero attached hydrogens (tertiary/aromatic N) is 1. The van der Waals surface area contributed by atoms with E-state index in [2.05, 4.69) is 4.74 Å². The van der Waals surface area contributed by atoms with E-state index in [4.69, 9.17) is 4.74 Å². The number of halogens is 1. The molecule has 0 unspecified atom stereocenters. The zero-order valence-electron chi connectivity index (χ0n) is 14.0. The number of methoxy groups -OCH3 is 2. The molecule has 2 aromatic carbocycles. The van der Waals surface area contributed by atoms with Crippen LogP contribution in [0.25, 0.3) is 0 Å². The van der Waals surface area contributed by atoms with Crippen LogP contribution in [0.5, 0.6) is 5.75 Å². The molecule has 2 rings (SSSR count). The summed E-state index contributed by atoms with van der Waals surface area (Å²) in [4.78, 5) is 11.6. The van der Waals surface area contributed by atoms with Gasteiger partial charge in [0.15, 0.2) is 0 Å².